The Kier molecular flexibility index (Phi) is 4.49. The van der Waals surface area contributed by atoms with E-state index < -0.39 is 0 Å². The summed E-state index contributed by atoms with van der Waals surface area (Å²) in [4.78, 5) is 0.887. The highest BCUT2D eigenvalue weighted by Gasteiger charge is 2.12. The van der Waals surface area contributed by atoms with Crippen molar-refractivity contribution < 1.29 is 0 Å². The van der Waals surface area contributed by atoms with E-state index in [2.05, 4.69) is 56.1 Å². The maximum Gasteiger partial charge on any atom is 0.234 e. The number of nitrogens with zero attached hydrogens (tertiary/aromatic N) is 4. The Bertz CT molecular complexity index is 789. The molecule has 0 aliphatic heterocycles. The Hall–Kier alpha value is -1.40. The first-order chi connectivity index (χ1) is 10.5. The minimum Gasteiger partial charge on any atom is -0.186 e. The van der Waals surface area contributed by atoms with E-state index in [1.165, 1.54) is 16.7 Å². The molecule has 2 aromatic heterocycles. The van der Waals surface area contributed by atoms with Gasteiger partial charge in [0.15, 0.2) is 5.82 Å². The SMILES string of the molecule is Cc1ccc(Cc2nn3c(CSC(C)C)nnc3s2)cc1C. The van der Waals surface area contributed by atoms with Gasteiger partial charge in [-0.15, -0.1) is 10.2 Å². The summed E-state index contributed by atoms with van der Waals surface area (Å²) < 4.78 is 1.90. The Balaban J connectivity index is 1.81. The maximum atomic E-state index is 4.69. The molecule has 0 bridgehead atoms. The number of fused-ring (bicyclic) bond motifs is 1. The molecule has 0 fully saturated rings. The highest BCUT2D eigenvalue weighted by molar-refractivity contribution is 7.99. The van der Waals surface area contributed by atoms with Crippen LogP contribution in [0.15, 0.2) is 18.2 Å². The van der Waals surface area contributed by atoms with Gasteiger partial charge in [-0.2, -0.15) is 21.4 Å². The first kappa shape index (κ1) is 15.5. The number of rotatable bonds is 5. The summed E-state index contributed by atoms with van der Waals surface area (Å²) >= 11 is 3.49. The van der Waals surface area contributed by atoms with Crippen molar-refractivity contribution in [3.63, 3.8) is 0 Å². The normalized spacial score (nSPS) is 11.7. The van der Waals surface area contributed by atoms with Crippen LogP contribution >= 0.6 is 23.1 Å². The van der Waals surface area contributed by atoms with Crippen LogP contribution in [0.25, 0.3) is 4.96 Å². The molecule has 0 saturated heterocycles. The van der Waals surface area contributed by atoms with Crippen molar-refractivity contribution in [1.29, 1.82) is 0 Å². The molecule has 22 heavy (non-hydrogen) atoms. The smallest absolute Gasteiger partial charge is 0.186 e. The lowest BCUT2D eigenvalue weighted by Gasteiger charge is -2.03. The Morgan fingerprint density at radius 3 is 2.73 bits per heavy atom. The van der Waals surface area contributed by atoms with Crippen LogP contribution in [0.5, 0.6) is 0 Å². The third-order valence-corrected chi connectivity index (χ3v) is 5.56. The molecule has 0 atom stereocenters. The van der Waals surface area contributed by atoms with Gasteiger partial charge >= 0.3 is 0 Å². The van der Waals surface area contributed by atoms with E-state index in [0.717, 1.165) is 28.0 Å². The van der Waals surface area contributed by atoms with E-state index in [9.17, 15) is 0 Å². The van der Waals surface area contributed by atoms with Gasteiger partial charge in [-0.1, -0.05) is 43.4 Å². The van der Waals surface area contributed by atoms with Crippen LogP contribution in [0.1, 0.15) is 41.4 Å². The summed E-state index contributed by atoms with van der Waals surface area (Å²) in [6, 6.07) is 6.60. The summed E-state index contributed by atoms with van der Waals surface area (Å²) in [5.74, 6) is 1.79. The highest BCUT2D eigenvalue weighted by atomic mass is 32.2. The average Bonchev–Trinajstić information content (AvgIpc) is 3.01. The lowest BCUT2D eigenvalue weighted by molar-refractivity contribution is 0.854. The number of aryl methyl sites for hydroxylation is 2. The Morgan fingerprint density at radius 2 is 2.00 bits per heavy atom. The number of hydrogen-bond donors (Lipinski definition) is 0. The van der Waals surface area contributed by atoms with Gasteiger partial charge in [0.25, 0.3) is 0 Å². The summed E-state index contributed by atoms with van der Waals surface area (Å²) in [5.41, 5.74) is 3.95. The van der Waals surface area contributed by atoms with E-state index in [0.29, 0.717) is 5.25 Å². The van der Waals surface area contributed by atoms with Gasteiger partial charge in [-0.25, -0.2) is 0 Å². The van der Waals surface area contributed by atoms with Crippen LogP contribution in [0.4, 0.5) is 0 Å². The monoisotopic (exact) mass is 332 g/mol. The third kappa shape index (κ3) is 3.33. The van der Waals surface area contributed by atoms with Gasteiger partial charge in [0.2, 0.25) is 4.96 Å². The average molecular weight is 332 g/mol. The van der Waals surface area contributed by atoms with Crippen LogP contribution in [0, 0.1) is 13.8 Å². The molecule has 2 heterocycles. The van der Waals surface area contributed by atoms with Crippen molar-refractivity contribution in [2.24, 2.45) is 0 Å². The summed E-state index contributed by atoms with van der Waals surface area (Å²) in [6.45, 7) is 8.67. The fourth-order valence-corrected chi connectivity index (χ4v) is 3.74. The fraction of sp³-hybridized carbons (Fsp3) is 0.438. The van der Waals surface area contributed by atoms with E-state index in [1.54, 1.807) is 11.3 Å². The van der Waals surface area contributed by atoms with E-state index in [-0.39, 0.29) is 0 Å². The number of hydrogen-bond acceptors (Lipinski definition) is 5. The highest BCUT2D eigenvalue weighted by Crippen LogP contribution is 2.21. The zero-order valence-corrected chi connectivity index (χ0v) is 15.0. The van der Waals surface area contributed by atoms with Crippen LogP contribution in [0.2, 0.25) is 0 Å². The van der Waals surface area contributed by atoms with E-state index >= 15 is 0 Å². The number of benzene rings is 1. The van der Waals surface area contributed by atoms with Gasteiger partial charge in [0, 0.05) is 6.42 Å². The molecule has 0 amide bonds. The third-order valence-electron chi connectivity index (χ3n) is 3.57. The predicted molar refractivity (Wildman–Crippen MR) is 93.8 cm³/mol. The van der Waals surface area contributed by atoms with Crippen LogP contribution in [0.3, 0.4) is 0 Å². The molecule has 6 heteroatoms. The molecule has 1 aromatic carbocycles. The van der Waals surface area contributed by atoms with Gasteiger partial charge in [-0.05, 0) is 35.8 Å². The van der Waals surface area contributed by atoms with Crippen molar-refractivity contribution >= 4 is 28.1 Å². The zero-order chi connectivity index (χ0) is 15.7. The van der Waals surface area contributed by atoms with E-state index in [1.807, 2.05) is 16.3 Å². The van der Waals surface area contributed by atoms with Gasteiger partial charge in [-0.3, -0.25) is 0 Å². The molecule has 0 N–H and O–H groups in total. The quantitative estimate of drug-likeness (QED) is 0.707. The Morgan fingerprint density at radius 1 is 1.18 bits per heavy atom. The fourth-order valence-electron chi connectivity index (χ4n) is 2.19. The second-order valence-corrected chi connectivity index (χ2v) is 8.37. The lowest BCUT2D eigenvalue weighted by atomic mass is 10.0. The first-order valence-corrected chi connectivity index (χ1v) is 9.27. The molecule has 0 saturated carbocycles. The molecule has 3 rings (SSSR count). The molecule has 4 nitrogen and oxygen atoms in total. The number of thioether (sulfide) groups is 1. The van der Waals surface area contributed by atoms with Crippen LogP contribution in [-0.4, -0.2) is 25.1 Å². The first-order valence-electron chi connectivity index (χ1n) is 7.40. The zero-order valence-electron chi connectivity index (χ0n) is 13.3. The second kappa shape index (κ2) is 6.38. The molecule has 0 aliphatic carbocycles. The molecule has 0 aliphatic rings. The predicted octanol–water partition coefficient (Wildman–Crippen LogP) is 4.04. The van der Waals surface area contributed by atoms with Crippen LogP contribution in [-0.2, 0) is 12.2 Å². The summed E-state index contributed by atoms with van der Waals surface area (Å²) in [6.07, 6.45) is 0.853. The minimum absolute atomic E-state index is 0.584. The van der Waals surface area contributed by atoms with Gasteiger partial charge < -0.3 is 0 Å². The molecule has 0 spiro atoms. The molecule has 0 unspecified atom stereocenters. The second-order valence-electron chi connectivity index (χ2n) is 5.76. The maximum absolute atomic E-state index is 4.69. The molecule has 0 radical (unpaired) electrons. The van der Waals surface area contributed by atoms with Gasteiger partial charge in [0.1, 0.15) is 5.01 Å². The van der Waals surface area contributed by atoms with E-state index in [4.69, 9.17) is 5.10 Å². The topological polar surface area (TPSA) is 43.1 Å². The number of aromatic nitrogens is 4. The van der Waals surface area contributed by atoms with Crippen molar-refractivity contribution in [3.05, 3.63) is 45.7 Å². The van der Waals surface area contributed by atoms with Crippen molar-refractivity contribution in [2.45, 2.75) is 45.1 Å². The van der Waals surface area contributed by atoms with Crippen molar-refractivity contribution in [2.75, 3.05) is 0 Å². The molecule has 3 aromatic rings. The Labute approximate surface area is 139 Å². The van der Waals surface area contributed by atoms with Crippen molar-refractivity contribution in [3.8, 4) is 0 Å². The van der Waals surface area contributed by atoms with Gasteiger partial charge in [0.05, 0.1) is 5.75 Å². The minimum atomic E-state index is 0.584. The standard InChI is InChI=1S/C16H20N4S2/c1-10(2)21-9-14-17-18-16-20(14)19-15(22-16)8-13-6-5-11(3)12(4)7-13/h5-7,10H,8-9H2,1-4H3. The molecule has 116 valence electrons. The lowest BCUT2D eigenvalue weighted by Crippen LogP contribution is -1.98. The molecular formula is C16H20N4S2. The van der Waals surface area contributed by atoms with Crippen LogP contribution < -0.4 is 0 Å². The largest absolute Gasteiger partial charge is 0.234 e. The van der Waals surface area contributed by atoms with Crippen molar-refractivity contribution in [1.82, 2.24) is 19.8 Å². The molecular weight excluding hydrogens is 312 g/mol. The summed E-state index contributed by atoms with van der Waals surface area (Å²) in [5, 5.41) is 14.9. The summed E-state index contributed by atoms with van der Waals surface area (Å²) in [7, 11) is 0.